The second kappa shape index (κ2) is 4.04. The zero-order chi connectivity index (χ0) is 8.97. The van der Waals surface area contributed by atoms with Gasteiger partial charge in [0.05, 0.1) is 6.04 Å². The third kappa shape index (κ3) is 1.94. The van der Waals surface area contributed by atoms with Gasteiger partial charge < -0.3 is 5.21 Å². The summed E-state index contributed by atoms with van der Waals surface area (Å²) in [6, 6.07) is 9.62. The Balaban J connectivity index is 2.88. The first kappa shape index (κ1) is 8.97. The molecule has 1 unspecified atom stereocenters. The fourth-order valence-electron chi connectivity index (χ4n) is 1.15. The van der Waals surface area contributed by atoms with E-state index in [1.165, 1.54) is 0 Å². The first-order chi connectivity index (χ1) is 5.75. The minimum absolute atomic E-state index is 0.119. The molecule has 2 heteroatoms. The van der Waals surface area contributed by atoms with Gasteiger partial charge in [-0.1, -0.05) is 36.4 Å². The summed E-state index contributed by atoms with van der Waals surface area (Å²) in [7, 11) is 1.61. The lowest BCUT2D eigenvalue weighted by atomic mass is 10.1. The number of benzene rings is 1. The summed E-state index contributed by atoms with van der Waals surface area (Å²) in [4.78, 5) is 0. The molecule has 0 bridgehead atoms. The van der Waals surface area contributed by atoms with E-state index < -0.39 is 0 Å². The summed E-state index contributed by atoms with van der Waals surface area (Å²) < 4.78 is 0. The Bertz CT molecular complexity index is 243. The van der Waals surface area contributed by atoms with Crippen LogP contribution in [0.2, 0.25) is 0 Å². The molecule has 1 rings (SSSR count). The molecule has 1 atom stereocenters. The van der Waals surface area contributed by atoms with E-state index in [9.17, 15) is 5.21 Å². The number of hydrogen-bond acceptors (Lipinski definition) is 2. The molecule has 1 aromatic rings. The van der Waals surface area contributed by atoms with E-state index in [1.807, 2.05) is 30.3 Å². The van der Waals surface area contributed by atoms with Crippen molar-refractivity contribution >= 4 is 0 Å². The van der Waals surface area contributed by atoms with Gasteiger partial charge in [-0.25, -0.2) is 0 Å². The number of nitrogens with zero attached hydrogens (tertiary/aromatic N) is 1. The van der Waals surface area contributed by atoms with Crippen LogP contribution in [-0.4, -0.2) is 17.3 Å². The van der Waals surface area contributed by atoms with Crippen LogP contribution in [0.1, 0.15) is 11.6 Å². The van der Waals surface area contributed by atoms with E-state index in [0.29, 0.717) is 0 Å². The molecule has 0 amide bonds. The summed E-state index contributed by atoms with van der Waals surface area (Å²) in [6.45, 7) is 3.66. The topological polar surface area (TPSA) is 23.5 Å². The molecule has 0 aliphatic heterocycles. The zero-order valence-corrected chi connectivity index (χ0v) is 7.14. The van der Waals surface area contributed by atoms with Gasteiger partial charge >= 0.3 is 0 Å². The van der Waals surface area contributed by atoms with Gasteiger partial charge in [-0.15, -0.1) is 6.58 Å². The highest BCUT2D eigenvalue weighted by Gasteiger charge is 2.09. The Kier molecular flexibility index (Phi) is 3.02. The fraction of sp³-hybridized carbons (Fsp3) is 0.200. The van der Waals surface area contributed by atoms with Crippen LogP contribution in [-0.2, 0) is 0 Å². The maximum atomic E-state index is 9.23. The third-order valence-electron chi connectivity index (χ3n) is 1.77. The first-order valence-electron chi connectivity index (χ1n) is 3.85. The maximum Gasteiger partial charge on any atom is 0.0774 e. The van der Waals surface area contributed by atoms with Gasteiger partial charge in [0.1, 0.15) is 0 Å². The summed E-state index contributed by atoms with van der Waals surface area (Å²) in [5.74, 6) is 0. The van der Waals surface area contributed by atoms with Crippen molar-refractivity contribution in [3.05, 3.63) is 48.6 Å². The Morgan fingerprint density at radius 1 is 1.42 bits per heavy atom. The Hall–Kier alpha value is -1.12. The van der Waals surface area contributed by atoms with Crippen molar-refractivity contribution in [1.29, 1.82) is 0 Å². The Labute approximate surface area is 72.7 Å². The van der Waals surface area contributed by atoms with Gasteiger partial charge in [-0.05, 0) is 5.56 Å². The monoisotopic (exact) mass is 163 g/mol. The van der Waals surface area contributed by atoms with Crippen molar-refractivity contribution < 1.29 is 5.21 Å². The number of likely N-dealkylation sites (N-methyl/N-ethyl adjacent to an activating group) is 1. The molecule has 2 nitrogen and oxygen atoms in total. The largest absolute Gasteiger partial charge is 0.313 e. The van der Waals surface area contributed by atoms with E-state index in [0.717, 1.165) is 10.6 Å². The summed E-state index contributed by atoms with van der Waals surface area (Å²) in [6.07, 6.45) is 1.70. The quantitative estimate of drug-likeness (QED) is 0.545. The fourth-order valence-corrected chi connectivity index (χ4v) is 1.15. The molecule has 0 saturated carbocycles. The van der Waals surface area contributed by atoms with Crippen LogP contribution in [0.5, 0.6) is 0 Å². The van der Waals surface area contributed by atoms with E-state index in [1.54, 1.807) is 13.1 Å². The van der Waals surface area contributed by atoms with Crippen LogP contribution in [0.4, 0.5) is 0 Å². The second-order valence-electron chi connectivity index (χ2n) is 2.66. The Morgan fingerprint density at radius 3 is 2.42 bits per heavy atom. The summed E-state index contributed by atoms with van der Waals surface area (Å²) in [5.41, 5.74) is 1.04. The molecule has 0 aromatic heterocycles. The first-order valence-corrected chi connectivity index (χ1v) is 3.85. The highest BCUT2D eigenvalue weighted by atomic mass is 16.5. The van der Waals surface area contributed by atoms with Crippen molar-refractivity contribution in [2.45, 2.75) is 6.04 Å². The molecule has 0 aliphatic rings. The molecule has 1 N–H and O–H groups in total. The van der Waals surface area contributed by atoms with Gasteiger partial charge in [0.2, 0.25) is 0 Å². The molecule has 0 aliphatic carbocycles. The average Bonchev–Trinajstić information content (AvgIpc) is 2.07. The molecule has 0 spiro atoms. The van der Waals surface area contributed by atoms with Gasteiger partial charge in [0, 0.05) is 7.05 Å². The van der Waals surface area contributed by atoms with Gasteiger partial charge in [0.25, 0.3) is 0 Å². The average molecular weight is 163 g/mol. The van der Waals surface area contributed by atoms with Crippen molar-refractivity contribution in [2.24, 2.45) is 0 Å². The van der Waals surface area contributed by atoms with Gasteiger partial charge in [-0.3, -0.25) is 0 Å². The summed E-state index contributed by atoms with van der Waals surface area (Å²) in [5, 5.41) is 10.4. The molecule has 1 aromatic carbocycles. The van der Waals surface area contributed by atoms with Crippen LogP contribution in [0, 0.1) is 0 Å². The van der Waals surface area contributed by atoms with Crippen molar-refractivity contribution in [3.63, 3.8) is 0 Å². The maximum absolute atomic E-state index is 9.23. The second-order valence-corrected chi connectivity index (χ2v) is 2.66. The predicted molar refractivity (Wildman–Crippen MR) is 48.9 cm³/mol. The number of hydroxylamine groups is 2. The SMILES string of the molecule is C=CC(c1ccccc1)N(C)O. The van der Waals surface area contributed by atoms with Gasteiger partial charge in [-0.2, -0.15) is 5.06 Å². The molecular weight excluding hydrogens is 150 g/mol. The van der Waals surface area contributed by atoms with Crippen LogP contribution in [0.3, 0.4) is 0 Å². The lowest BCUT2D eigenvalue weighted by molar-refractivity contribution is -0.0893. The number of rotatable bonds is 3. The lowest BCUT2D eigenvalue weighted by Crippen LogP contribution is -2.18. The zero-order valence-electron chi connectivity index (χ0n) is 7.14. The molecule has 0 heterocycles. The van der Waals surface area contributed by atoms with Crippen LogP contribution < -0.4 is 0 Å². The normalized spacial score (nSPS) is 12.9. The highest BCUT2D eigenvalue weighted by Crippen LogP contribution is 2.17. The van der Waals surface area contributed by atoms with Crippen LogP contribution in [0.15, 0.2) is 43.0 Å². The van der Waals surface area contributed by atoms with E-state index in [4.69, 9.17) is 0 Å². The van der Waals surface area contributed by atoms with Crippen LogP contribution >= 0.6 is 0 Å². The lowest BCUT2D eigenvalue weighted by Gasteiger charge is -2.18. The third-order valence-corrected chi connectivity index (χ3v) is 1.77. The molecule has 0 saturated heterocycles. The van der Waals surface area contributed by atoms with Crippen LogP contribution in [0.25, 0.3) is 0 Å². The summed E-state index contributed by atoms with van der Waals surface area (Å²) >= 11 is 0. The van der Waals surface area contributed by atoms with Crippen molar-refractivity contribution in [2.75, 3.05) is 7.05 Å². The Morgan fingerprint density at radius 2 is 2.00 bits per heavy atom. The van der Waals surface area contributed by atoms with E-state index in [-0.39, 0.29) is 6.04 Å². The molecule has 0 radical (unpaired) electrons. The van der Waals surface area contributed by atoms with Crippen molar-refractivity contribution in [1.82, 2.24) is 5.06 Å². The van der Waals surface area contributed by atoms with E-state index in [2.05, 4.69) is 6.58 Å². The molecule has 0 fully saturated rings. The standard InChI is InChI=1S/C10H13NO/c1-3-10(11(2)12)9-7-5-4-6-8-9/h3-8,10,12H,1H2,2H3. The van der Waals surface area contributed by atoms with E-state index >= 15 is 0 Å². The van der Waals surface area contributed by atoms with Crippen molar-refractivity contribution in [3.8, 4) is 0 Å². The minimum Gasteiger partial charge on any atom is -0.313 e. The van der Waals surface area contributed by atoms with Gasteiger partial charge in [0.15, 0.2) is 0 Å². The minimum atomic E-state index is -0.119. The molecule has 12 heavy (non-hydrogen) atoms. The smallest absolute Gasteiger partial charge is 0.0774 e. The molecule has 64 valence electrons. The highest BCUT2D eigenvalue weighted by molar-refractivity contribution is 5.21. The predicted octanol–water partition coefficient (Wildman–Crippen LogP) is 2.23. The number of hydrogen-bond donors (Lipinski definition) is 1. The molecular formula is C10H13NO.